The first-order valence-electron chi connectivity index (χ1n) is 5.88. The molecule has 1 atom stereocenters. The van der Waals surface area contributed by atoms with Crippen molar-refractivity contribution in [2.45, 2.75) is 26.8 Å². The van der Waals surface area contributed by atoms with Gasteiger partial charge in [-0.15, -0.1) is 0 Å². The Labute approximate surface area is 110 Å². The number of carboxylic acids is 1. The maximum Gasteiger partial charge on any atom is 0.326 e. The topological polar surface area (TPSA) is 78.4 Å². The molecule has 0 aliphatic heterocycles. The first kappa shape index (κ1) is 14.9. The molecule has 0 fully saturated rings. The van der Waals surface area contributed by atoms with Gasteiger partial charge in [0, 0.05) is 0 Å². The highest BCUT2D eigenvalue weighted by atomic mass is 19.1. The lowest BCUT2D eigenvalue weighted by Crippen LogP contribution is -2.46. The van der Waals surface area contributed by atoms with Crippen molar-refractivity contribution in [2.24, 2.45) is 5.92 Å². The number of halogens is 1. The van der Waals surface area contributed by atoms with Gasteiger partial charge in [0.15, 0.2) is 0 Å². The number of aliphatic carboxylic acids is 1. The Hall–Kier alpha value is -2.11. The van der Waals surface area contributed by atoms with E-state index in [-0.39, 0.29) is 11.6 Å². The third-order valence-electron chi connectivity index (χ3n) is 2.68. The summed E-state index contributed by atoms with van der Waals surface area (Å²) in [7, 11) is 0. The summed E-state index contributed by atoms with van der Waals surface area (Å²) in [5, 5.41) is 13.6. The smallest absolute Gasteiger partial charge is 0.326 e. The Kier molecular flexibility index (Phi) is 4.86. The molecule has 19 heavy (non-hydrogen) atoms. The summed E-state index contributed by atoms with van der Waals surface area (Å²) < 4.78 is 13.5. The fourth-order valence-corrected chi connectivity index (χ4v) is 1.59. The quantitative estimate of drug-likeness (QED) is 0.784. The fraction of sp³-hybridized carbons (Fsp3) is 0.385. The number of nitrogens with one attached hydrogen (secondary N) is 2. The van der Waals surface area contributed by atoms with Crippen LogP contribution < -0.4 is 10.6 Å². The summed E-state index contributed by atoms with van der Waals surface area (Å²) in [6.07, 6.45) is 0. The Morgan fingerprint density at radius 2 is 1.95 bits per heavy atom. The molecule has 0 radical (unpaired) electrons. The number of carbonyl (C=O) groups excluding carboxylic acids is 1. The molecule has 0 aromatic heterocycles. The molecule has 1 aromatic carbocycles. The molecule has 6 heteroatoms. The highest BCUT2D eigenvalue weighted by Crippen LogP contribution is 2.18. The maximum atomic E-state index is 13.5. The van der Waals surface area contributed by atoms with E-state index in [1.165, 1.54) is 12.1 Å². The zero-order valence-corrected chi connectivity index (χ0v) is 11.0. The maximum absolute atomic E-state index is 13.5. The van der Waals surface area contributed by atoms with E-state index < -0.39 is 23.9 Å². The predicted molar refractivity (Wildman–Crippen MR) is 69.6 cm³/mol. The average Bonchev–Trinajstić information content (AvgIpc) is 2.30. The summed E-state index contributed by atoms with van der Waals surface area (Å²) in [4.78, 5) is 22.6. The Bertz CT molecular complexity index is 469. The minimum atomic E-state index is -1.13. The number of benzene rings is 1. The van der Waals surface area contributed by atoms with Crippen molar-refractivity contribution >= 4 is 17.7 Å². The molecule has 0 heterocycles. The minimum Gasteiger partial charge on any atom is -0.480 e. The molecule has 0 aliphatic rings. The second kappa shape index (κ2) is 6.17. The number of anilines is 1. The number of urea groups is 1. The minimum absolute atomic E-state index is 0.0490. The normalized spacial score (nSPS) is 12.1. The van der Waals surface area contributed by atoms with E-state index >= 15 is 0 Å². The third kappa shape index (κ3) is 3.94. The molecular weight excluding hydrogens is 251 g/mol. The van der Waals surface area contributed by atoms with Gasteiger partial charge in [0.05, 0.1) is 5.69 Å². The molecule has 2 amide bonds. The first-order valence-corrected chi connectivity index (χ1v) is 5.88. The van der Waals surface area contributed by atoms with E-state index in [9.17, 15) is 14.0 Å². The van der Waals surface area contributed by atoms with Gasteiger partial charge >= 0.3 is 12.0 Å². The van der Waals surface area contributed by atoms with Crippen LogP contribution in [-0.4, -0.2) is 23.1 Å². The van der Waals surface area contributed by atoms with E-state index in [1.54, 1.807) is 26.8 Å². The number of carbonyl (C=O) groups is 2. The molecule has 3 N–H and O–H groups in total. The summed E-state index contributed by atoms with van der Waals surface area (Å²) in [6.45, 7) is 5.00. The molecule has 0 unspecified atom stereocenters. The second-order valence-corrected chi connectivity index (χ2v) is 4.59. The summed E-state index contributed by atoms with van der Waals surface area (Å²) >= 11 is 0. The van der Waals surface area contributed by atoms with Gasteiger partial charge < -0.3 is 15.7 Å². The van der Waals surface area contributed by atoms with Crippen LogP contribution in [0, 0.1) is 18.7 Å². The molecule has 0 saturated heterocycles. The van der Waals surface area contributed by atoms with Crippen molar-refractivity contribution < 1.29 is 19.1 Å². The molecule has 104 valence electrons. The van der Waals surface area contributed by atoms with Gasteiger partial charge in [-0.2, -0.15) is 0 Å². The third-order valence-corrected chi connectivity index (χ3v) is 2.68. The summed E-state index contributed by atoms with van der Waals surface area (Å²) in [5.41, 5.74) is 0.611. The SMILES string of the molecule is Cc1cccc(F)c1NC(=O)N[C@@H](C(=O)O)C(C)C. The van der Waals surface area contributed by atoms with Crippen molar-refractivity contribution in [3.05, 3.63) is 29.6 Å². The van der Waals surface area contributed by atoms with Gasteiger partial charge in [0.25, 0.3) is 0 Å². The van der Waals surface area contributed by atoms with Crippen LogP contribution in [0.15, 0.2) is 18.2 Å². The van der Waals surface area contributed by atoms with E-state index in [0.717, 1.165) is 0 Å². The lowest BCUT2D eigenvalue weighted by molar-refractivity contribution is -0.140. The van der Waals surface area contributed by atoms with Crippen LogP contribution in [0.2, 0.25) is 0 Å². The van der Waals surface area contributed by atoms with Crippen molar-refractivity contribution in [3.63, 3.8) is 0 Å². The average molecular weight is 268 g/mol. The lowest BCUT2D eigenvalue weighted by Gasteiger charge is -2.18. The van der Waals surface area contributed by atoms with E-state index in [1.807, 2.05) is 0 Å². The van der Waals surface area contributed by atoms with Crippen LogP contribution in [0.5, 0.6) is 0 Å². The lowest BCUT2D eigenvalue weighted by atomic mass is 10.1. The molecule has 1 aromatic rings. The highest BCUT2D eigenvalue weighted by molar-refractivity contribution is 5.93. The number of hydrogen-bond acceptors (Lipinski definition) is 2. The van der Waals surface area contributed by atoms with Gasteiger partial charge in [-0.25, -0.2) is 14.0 Å². The molecule has 0 saturated carbocycles. The van der Waals surface area contributed by atoms with Gasteiger partial charge in [0.2, 0.25) is 0 Å². The van der Waals surface area contributed by atoms with Crippen molar-refractivity contribution in [1.82, 2.24) is 5.32 Å². The summed E-state index contributed by atoms with van der Waals surface area (Å²) in [5.74, 6) is -1.97. The number of aryl methyl sites for hydroxylation is 1. The fourth-order valence-electron chi connectivity index (χ4n) is 1.59. The molecular formula is C13H17FN2O3. The number of carboxylic acid groups (broad SMARTS) is 1. The standard InChI is InChI=1S/C13H17FN2O3/c1-7(2)10(12(17)18)15-13(19)16-11-8(3)5-4-6-9(11)14/h4-7,10H,1-3H3,(H,17,18)(H2,15,16,19)/t10-/m1/s1. The first-order chi connectivity index (χ1) is 8.82. The molecule has 5 nitrogen and oxygen atoms in total. The molecule has 0 bridgehead atoms. The van der Waals surface area contributed by atoms with Crippen LogP contribution >= 0.6 is 0 Å². The van der Waals surface area contributed by atoms with E-state index in [2.05, 4.69) is 10.6 Å². The Morgan fingerprint density at radius 1 is 1.32 bits per heavy atom. The van der Waals surface area contributed by atoms with E-state index in [4.69, 9.17) is 5.11 Å². The van der Waals surface area contributed by atoms with Gasteiger partial charge in [-0.05, 0) is 24.5 Å². The Balaban J connectivity index is 2.78. The zero-order valence-electron chi connectivity index (χ0n) is 11.0. The summed E-state index contributed by atoms with van der Waals surface area (Å²) in [6, 6.07) is 2.64. The van der Waals surface area contributed by atoms with Crippen molar-refractivity contribution in [2.75, 3.05) is 5.32 Å². The zero-order chi connectivity index (χ0) is 14.6. The van der Waals surface area contributed by atoms with Crippen LogP contribution in [-0.2, 0) is 4.79 Å². The van der Waals surface area contributed by atoms with Gasteiger partial charge in [0.1, 0.15) is 11.9 Å². The number of para-hydroxylation sites is 1. The number of hydrogen-bond donors (Lipinski definition) is 3. The Morgan fingerprint density at radius 3 is 2.42 bits per heavy atom. The molecule has 0 spiro atoms. The number of amides is 2. The second-order valence-electron chi connectivity index (χ2n) is 4.59. The molecule has 1 rings (SSSR count). The predicted octanol–water partition coefficient (Wildman–Crippen LogP) is 2.36. The largest absolute Gasteiger partial charge is 0.480 e. The van der Waals surface area contributed by atoms with Crippen LogP contribution in [0.4, 0.5) is 14.9 Å². The monoisotopic (exact) mass is 268 g/mol. The van der Waals surface area contributed by atoms with E-state index in [0.29, 0.717) is 5.56 Å². The van der Waals surface area contributed by atoms with Crippen LogP contribution in [0.25, 0.3) is 0 Å². The van der Waals surface area contributed by atoms with Crippen LogP contribution in [0.1, 0.15) is 19.4 Å². The van der Waals surface area contributed by atoms with Crippen molar-refractivity contribution in [3.8, 4) is 0 Å². The molecule has 0 aliphatic carbocycles. The number of rotatable bonds is 4. The van der Waals surface area contributed by atoms with Crippen molar-refractivity contribution in [1.29, 1.82) is 0 Å². The van der Waals surface area contributed by atoms with Gasteiger partial charge in [-0.1, -0.05) is 26.0 Å². The highest BCUT2D eigenvalue weighted by Gasteiger charge is 2.23. The van der Waals surface area contributed by atoms with Crippen LogP contribution in [0.3, 0.4) is 0 Å². The van der Waals surface area contributed by atoms with Gasteiger partial charge in [-0.3, -0.25) is 0 Å².